The van der Waals surface area contributed by atoms with E-state index >= 15 is 0 Å². The number of rotatable bonds is 9. The molecule has 4 rings (SSSR count). The Kier molecular flexibility index (Phi) is 8.22. The van der Waals surface area contributed by atoms with E-state index in [1.54, 1.807) is 0 Å². The molecule has 0 spiro atoms. The summed E-state index contributed by atoms with van der Waals surface area (Å²) >= 11 is 3.94. The Bertz CT molecular complexity index is 1670. The molecule has 3 aromatic carbocycles. The Hall–Kier alpha value is -4.28. The number of amides is 2. The molecule has 40 heavy (non-hydrogen) atoms. The molecule has 0 aromatic heterocycles. The van der Waals surface area contributed by atoms with Crippen molar-refractivity contribution in [1.82, 2.24) is 4.90 Å². The second-order valence-electron chi connectivity index (χ2n) is 8.01. The Morgan fingerprint density at radius 2 is 1.55 bits per heavy atom. The number of imide groups is 1. The minimum atomic E-state index is -4.40. The summed E-state index contributed by atoms with van der Waals surface area (Å²) in [6, 6.07) is 12.4. The van der Waals surface area contributed by atoms with Crippen molar-refractivity contribution >= 4 is 66.4 Å². The molecule has 0 atom stereocenters. The normalized spacial score (nSPS) is 14.4. The molecule has 1 saturated heterocycles. The van der Waals surface area contributed by atoms with E-state index in [9.17, 15) is 38.2 Å². The van der Waals surface area contributed by atoms with Crippen molar-refractivity contribution in [1.29, 1.82) is 0 Å². The standard InChI is InChI=1S/C24H16BrN3O10S2/c1-37-20-11-15(10-19(25)22(20)38-40(35,36)18-8-6-17(7-9-18)28(33)34)12-21-23(29)26(24(30)39-21)13-14-2-4-16(5-3-14)27(31)32/h2-12H,13H2,1H3/b21-12-. The van der Waals surface area contributed by atoms with Gasteiger partial charge in [0.05, 0.1) is 32.9 Å². The number of non-ortho nitro benzene ring substituents is 2. The minimum absolute atomic E-state index is 0.0174. The van der Waals surface area contributed by atoms with Crippen LogP contribution in [0, 0.1) is 20.2 Å². The Morgan fingerprint density at radius 1 is 0.975 bits per heavy atom. The van der Waals surface area contributed by atoms with Crippen LogP contribution in [-0.4, -0.2) is 41.4 Å². The van der Waals surface area contributed by atoms with Gasteiger partial charge in [-0.3, -0.25) is 34.7 Å². The van der Waals surface area contributed by atoms with Crippen molar-refractivity contribution < 1.29 is 36.8 Å². The number of nitro benzene ring substituents is 2. The predicted octanol–water partition coefficient (Wildman–Crippen LogP) is 5.28. The smallest absolute Gasteiger partial charge is 0.339 e. The first-order valence-corrected chi connectivity index (χ1v) is 14.0. The molecule has 0 N–H and O–H groups in total. The summed E-state index contributed by atoms with van der Waals surface area (Å²) in [7, 11) is -3.13. The molecule has 0 bridgehead atoms. The SMILES string of the molecule is COc1cc(/C=C2\SC(=O)N(Cc3ccc([N+](=O)[O-])cc3)C2=O)cc(Br)c1OS(=O)(=O)c1ccc([N+](=O)[O-])cc1. The molecule has 3 aromatic rings. The van der Waals surface area contributed by atoms with Crippen molar-refractivity contribution in [3.05, 3.63) is 101 Å². The number of methoxy groups -OCH3 is 1. The number of nitro groups is 2. The summed E-state index contributed by atoms with van der Waals surface area (Å²) in [6.07, 6.45) is 1.42. The third-order valence-electron chi connectivity index (χ3n) is 5.44. The van der Waals surface area contributed by atoms with Crippen LogP contribution in [0.5, 0.6) is 11.5 Å². The van der Waals surface area contributed by atoms with Gasteiger partial charge in [-0.25, -0.2) is 0 Å². The maximum absolute atomic E-state index is 12.9. The molecular weight excluding hydrogens is 634 g/mol. The van der Waals surface area contributed by atoms with Crippen LogP contribution in [0.3, 0.4) is 0 Å². The zero-order valence-electron chi connectivity index (χ0n) is 20.2. The molecule has 206 valence electrons. The first-order valence-electron chi connectivity index (χ1n) is 10.9. The molecule has 1 fully saturated rings. The number of thioether (sulfide) groups is 1. The van der Waals surface area contributed by atoms with Crippen molar-refractivity contribution in [3.63, 3.8) is 0 Å². The fraction of sp³-hybridized carbons (Fsp3) is 0.0833. The van der Waals surface area contributed by atoms with Gasteiger partial charge in [0.1, 0.15) is 4.90 Å². The number of nitrogens with zero attached hydrogens (tertiary/aromatic N) is 3. The highest BCUT2D eigenvalue weighted by molar-refractivity contribution is 9.10. The second-order valence-corrected chi connectivity index (χ2v) is 11.4. The molecule has 2 amide bonds. The van der Waals surface area contributed by atoms with Crippen molar-refractivity contribution in [2.45, 2.75) is 11.4 Å². The number of halogens is 1. The maximum Gasteiger partial charge on any atom is 0.339 e. The van der Waals surface area contributed by atoms with E-state index in [4.69, 9.17) is 8.92 Å². The summed E-state index contributed by atoms with van der Waals surface area (Å²) < 4.78 is 36.2. The highest BCUT2D eigenvalue weighted by Gasteiger charge is 2.35. The molecule has 1 aliphatic heterocycles. The van der Waals surface area contributed by atoms with Gasteiger partial charge in [0, 0.05) is 24.3 Å². The van der Waals surface area contributed by atoms with Gasteiger partial charge < -0.3 is 8.92 Å². The molecule has 1 heterocycles. The fourth-order valence-electron chi connectivity index (χ4n) is 3.49. The Balaban J connectivity index is 1.56. The maximum atomic E-state index is 12.9. The lowest BCUT2D eigenvalue weighted by molar-refractivity contribution is -0.385. The van der Waals surface area contributed by atoms with E-state index in [0.29, 0.717) is 22.9 Å². The van der Waals surface area contributed by atoms with E-state index in [1.165, 1.54) is 49.6 Å². The van der Waals surface area contributed by atoms with Gasteiger partial charge in [0.15, 0.2) is 11.5 Å². The number of ether oxygens (including phenoxy) is 1. The lowest BCUT2D eigenvalue weighted by atomic mass is 10.1. The van der Waals surface area contributed by atoms with Crippen molar-refractivity contribution in [2.75, 3.05) is 7.11 Å². The molecule has 0 saturated carbocycles. The second kappa shape index (κ2) is 11.4. The van der Waals surface area contributed by atoms with Gasteiger partial charge >= 0.3 is 10.1 Å². The predicted molar refractivity (Wildman–Crippen MR) is 146 cm³/mol. The quantitative estimate of drug-likeness (QED) is 0.127. The Labute approximate surface area is 238 Å². The number of benzene rings is 3. The molecule has 0 radical (unpaired) electrons. The lowest BCUT2D eigenvalue weighted by Crippen LogP contribution is -2.27. The molecular formula is C24H16BrN3O10S2. The van der Waals surface area contributed by atoms with Gasteiger partial charge in [-0.15, -0.1) is 0 Å². The molecule has 0 aliphatic carbocycles. The third-order valence-corrected chi connectivity index (χ3v) is 8.17. The van der Waals surface area contributed by atoms with E-state index in [-0.39, 0.29) is 43.7 Å². The highest BCUT2D eigenvalue weighted by atomic mass is 79.9. The molecule has 0 unspecified atom stereocenters. The first-order chi connectivity index (χ1) is 18.9. The molecule has 1 aliphatic rings. The van der Waals surface area contributed by atoms with E-state index in [2.05, 4.69) is 15.9 Å². The topological polar surface area (TPSA) is 176 Å². The van der Waals surface area contributed by atoms with Crippen LogP contribution in [0.15, 0.2) is 74.9 Å². The summed E-state index contributed by atoms with van der Waals surface area (Å²) in [6.45, 7) is -0.0830. The average Bonchev–Trinajstić information content (AvgIpc) is 3.17. The number of carbonyl (C=O) groups is 2. The van der Waals surface area contributed by atoms with Crippen LogP contribution in [0.2, 0.25) is 0 Å². The van der Waals surface area contributed by atoms with Crippen LogP contribution < -0.4 is 8.92 Å². The van der Waals surface area contributed by atoms with Crippen LogP contribution >= 0.6 is 27.7 Å². The van der Waals surface area contributed by atoms with Crippen LogP contribution in [-0.2, 0) is 21.5 Å². The van der Waals surface area contributed by atoms with Crippen LogP contribution in [0.1, 0.15) is 11.1 Å². The van der Waals surface area contributed by atoms with Gasteiger partial charge in [0.25, 0.3) is 22.5 Å². The number of carbonyl (C=O) groups excluding carboxylic acids is 2. The average molecular weight is 650 g/mol. The van der Waals surface area contributed by atoms with Crippen LogP contribution in [0.4, 0.5) is 16.2 Å². The summed E-state index contributed by atoms with van der Waals surface area (Å²) in [4.78, 5) is 46.7. The lowest BCUT2D eigenvalue weighted by Gasteiger charge is -2.14. The van der Waals surface area contributed by atoms with Crippen molar-refractivity contribution in [3.8, 4) is 11.5 Å². The number of hydrogen-bond donors (Lipinski definition) is 0. The zero-order chi connectivity index (χ0) is 29.2. The van der Waals surface area contributed by atoms with Gasteiger partial charge in [-0.05, 0) is 69.2 Å². The van der Waals surface area contributed by atoms with Crippen molar-refractivity contribution in [2.24, 2.45) is 0 Å². The minimum Gasteiger partial charge on any atom is -0.493 e. The summed E-state index contributed by atoms with van der Waals surface area (Å²) in [5, 5.41) is 21.1. The monoisotopic (exact) mass is 649 g/mol. The van der Waals surface area contributed by atoms with E-state index < -0.39 is 31.1 Å². The highest BCUT2D eigenvalue weighted by Crippen LogP contribution is 2.40. The first kappa shape index (κ1) is 28.7. The molecule has 13 nitrogen and oxygen atoms in total. The Morgan fingerprint density at radius 3 is 2.10 bits per heavy atom. The summed E-state index contributed by atoms with van der Waals surface area (Å²) in [5.41, 5.74) is 0.489. The number of hydrogen-bond acceptors (Lipinski definition) is 11. The fourth-order valence-corrected chi connectivity index (χ4v) is 5.93. The third kappa shape index (κ3) is 6.13. The summed E-state index contributed by atoms with van der Waals surface area (Å²) in [5.74, 6) is -0.801. The van der Waals surface area contributed by atoms with Gasteiger partial charge in [0.2, 0.25) is 0 Å². The van der Waals surface area contributed by atoms with Gasteiger partial charge in [-0.2, -0.15) is 8.42 Å². The largest absolute Gasteiger partial charge is 0.493 e. The van der Waals surface area contributed by atoms with E-state index in [0.717, 1.165) is 29.2 Å². The zero-order valence-corrected chi connectivity index (χ0v) is 23.4. The van der Waals surface area contributed by atoms with Gasteiger partial charge in [-0.1, -0.05) is 12.1 Å². The van der Waals surface area contributed by atoms with E-state index in [1.807, 2.05) is 0 Å². The van der Waals surface area contributed by atoms with Crippen LogP contribution in [0.25, 0.3) is 6.08 Å². The molecule has 16 heteroatoms.